The molecule has 0 amide bonds. The van der Waals surface area contributed by atoms with E-state index in [-0.39, 0.29) is 5.82 Å². The molecular formula is C12H16FNO. The first-order valence-electron chi connectivity index (χ1n) is 5.28. The predicted octanol–water partition coefficient (Wildman–Crippen LogP) is 1.74. The third kappa shape index (κ3) is 2.03. The Kier molecular flexibility index (Phi) is 2.76. The van der Waals surface area contributed by atoms with E-state index in [0.29, 0.717) is 18.5 Å². The maximum absolute atomic E-state index is 13.6. The molecule has 1 atom stereocenters. The molecule has 15 heavy (non-hydrogen) atoms. The Morgan fingerprint density at radius 1 is 1.40 bits per heavy atom. The van der Waals surface area contributed by atoms with Gasteiger partial charge in [0.05, 0.1) is 0 Å². The highest BCUT2D eigenvalue weighted by Gasteiger charge is 2.35. The summed E-state index contributed by atoms with van der Waals surface area (Å²) in [4.78, 5) is 2.04. The number of β-amino-alcohol motifs (C(OH)–C–C–N with tert-alkyl or cyclic N) is 1. The highest BCUT2D eigenvalue weighted by molar-refractivity contribution is 5.25. The summed E-state index contributed by atoms with van der Waals surface area (Å²) in [5.74, 6) is -0.310. The molecule has 1 fully saturated rings. The third-order valence-electron chi connectivity index (χ3n) is 3.04. The second kappa shape index (κ2) is 3.91. The van der Waals surface area contributed by atoms with E-state index < -0.39 is 5.60 Å². The number of likely N-dealkylation sites (N-methyl/N-ethyl adjacent to an activating group) is 1. The lowest BCUT2D eigenvalue weighted by atomic mass is 9.85. The van der Waals surface area contributed by atoms with Crippen molar-refractivity contribution in [1.29, 1.82) is 0 Å². The van der Waals surface area contributed by atoms with E-state index >= 15 is 0 Å². The zero-order valence-electron chi connectivity index (χ0n) is 8.91. The molecule has 1 heterocycles. The van der Waals surface area contributed by atoms with Gasteiger partial charge >= 0.3 is 0 Å². The lowest BCUT2D eigenvalue weighted by Crippen LogP contribution is -2.44. The smallest absolute Gasteiger partial charge is 0.129 e. The minimum absolute atomic E-state index is 0.310. The fourth-order valence-corrected chi connectivity index (χ4v) is 2.30. The molecule has 0 spiro atoms. The van der Waals surface area contributed by atoms with Gasteiger partial charge < -0.3 is 10.0 Å². The normalized spacial score (nSPS) is 27.9. The van der Waals surface area contributed by atoms with Gasteiger partial charge in [-0.2, -0.15) is 0 Å². The summed E-state index contributed by atoms with van der Waals surface area (Å²) in [6, 6.07) is 6.50. The van der Waals surface area contributed by atoms with Crippen LogP contribution >= 0.6 is 0 Å². The molecule has 82 valence electrons. The first-order chi connectivity index (χ1) is 7.12. The Morgan fingerprint density at radius 3 is 2.80 bits per heavy atom. The number of nitrogens with zero attached hydrogens (tertiary/aromatic N) is 1. The molecule has 0 bridgehead atoms. The molecule has 0 aliphatic carbocycles. The fourth-order valence-electron chi connectivity index (χ4n) is 2.30. The van der Waals surface area contributed by atoms with Crippen LogP contribution in [0.2, 0.25) is 0 Å². The van der Waals surface area contributed by atoms with Gasteiger partial charge in [-0.25, -0.2) is 4.39 Å². The van der Waals surface area contributed by atoms with E-state index in [4.69, 9.17) is 0 Å². The second-order valence-corrected chi connectivity index (χ2v) is 4.35. The summed E-state index contributed by atoms with van der Waals surface area (Å²) in [5.41, 5.74) is -0.588. The quantitative estimate of drug-likeness (QED) is 0.761. The molecule has 0 saturated carbocycles. The average Bonchev–Trinajstić information content (AvgIpc) is 2.17. The molecule has 1 aromatic rings. The van der Waals surface area contributed by atoms with Gasteiger partial charge in [0.2, 0.25) is 0 Å². The van der Waals surface area contributed by atoms with Gasteiger partial charge in [-0.1, -0.05) is 18.2 Å². The molecule has 1 aliphatic rings. The summed E-state index contributed by atoms with van der Waals surface area (Å²) in [6.45, 7) is 1.48. The first-order valence-corrected chi connectivity index (χ1v) is 5.28. The second-order valence-electron chi connectivity index (χ2n) is 4.35. The van der Waals surface area contributed by atoms with Crippen LogP contribution in [0.25, 0.3) is 0 Å². The Bertz CT molecular complexity index is 355. The summed E-state index contributed by atoms with van der Waals surface area (Å²) in [6.07, 6.45) is 1.54. The minimum atomic E-state index is -1.02. The number of halogens is 1. The van der Waals surface area contributed by atoms with Crippen molar-refractivity contribution in [2.45, 2.75) is 18.4 Å². The SMILES string of the molecule is CN1CCCC(O)(c2ccccc2F)C1. The van der Waals surface area contributed by atoms with Crippen LogP contribution in [-0.2, 0) is 5.60 Å². The van der Waals surface area contributed by atoms with Crippen LogP contribution in [0, 0.1) is 5.82 Å². The Labute approximate surface area is 89.3 Å². The van der Waals surface area contributed by atoms with E-state index in [1.807, 2.05) is 11.9 Å². The molecule has 1 aromatic carbocycles. The van der Waals surface area contributed by atoms with Crippen LogP contribution in [0.4, 0.5) is 4.39 Å². The topological polar surface area (TPSA) is 23.5 Å². The van der Waals surface area contributed by atoms with Crippen LogP contribution in [0.1, 0.15) is 18.4 Å². The van der Waals surface area contributed by atoms with Crippen molar-refractivity contribution < 1.29 is 9.50 Å². The van der Waals surface area contributed by atoms with Gasteiger partial charge in [-0.15, -0.1) is 0 Å². The van der Waals surface area contributed by atoms with Crippen molar-refractivity contribution in [3.63, 3.8) is 0 Å². The summed E-state index contributed by atoms with van der Waals surface area (Å²) in [5, 5.41) is 10.4. The van der Waals surface area contributed by atoms with E-state index in [9.17, 15) is 9.50 Å². The fraction of sp³-hybridized carbons (Fsp3) is 0.500. The van der Waals surface area contributed by atoms with Crippen LogP contribution < -0.4 is 0 Å². The van der Waals surface area contributed by atoms with Gasteiger partial charge in [0.1, 0.15) is 11.4 Å². The molecule has 1 aliphatic heterocycles. The van der Waals surface area contributed by atoms with E-state index in [0.717, 1.165) is 13.0 Å². The maximum Gasteiger partial charge on any atom is 0.129 e. The Morgan fingerprint density at radius 2 is 2.13 bits per heavy atom. The summed E-state index contributed by atoms with van der Waals surface area (Å²) in [7, 11) is 1.95. The van der Waals surface area contributed by atoms with Crippen molar-refractivity contribution >= 4 is 0 Å². The lowest BCUT2D eigenvalue weighted by molar-refractivity contribution is -0.0303. The number of hydrogen-bond donors (Lipinski definition) is 1. The molecule has 1 N–H and O–H groups in total. The molecule has 1 saturated heterocycles. The van der Waals surface area contributed by atoms with E-state index in [1.165, 1.54) is 6.07 Å². The molecular weight excluding hydrogens is 193 g/mol. The zero-order chi connectivity index (χ0) is 10.9. The number of aliphatic hydroxyl groups is 1. The van der Waals surface area contributed by atoms with Crippen LogP contribution in [0.15, 0.2) is 24.3 Å². The molecule has 1 unspecified atom stereocenters. The minimum Gasteiger partial charge on any atom is -0.384 e. The van der Waals surface area contributed by atoms with Crippen molar-refractivity contribution in [1.82, 2.24) is 4.90 Å². The van der Waals surface area contributed by atoms with Crippen molar-refractivity contribution in [3.05, 3.63) is 35.6 Å². The number of hydrogen-bond acceptors (Lipinski definition) is 2. The third-order valence-corrected chi connectivity index (χ3v) is 3.04. The first kappa shape index (κ1) is 10.6. The van der Waals surface area contributed by atoms with Crippen LogP contribution in [0.5, 0.6) is 0 Å². The number of rotatable bonds is 1. The monoisotopic (exact) mass is 209 g/mol. The van der Waals surface area contributed by atoms with Crippen molar-refractivity contribution in [2.75, 3.05) is 20.1 Å². The van der Waals surface area contributed by atoms with Gasteiger partial charge in [0.25, 0.3) is 0 Å². The van der Waals surface area contributed by atoms with E-state index in [1.54, 1.807) is 18.2 Å². The molecule has 0 aromatic heterocycles. The summed E-state index contributed by atoms with van der Waals surface area (Å²) >= 11 is 0. The largest absolute Gasteiger partial charge is 0.384 e. The standard InChI is InChI=1S/C12H16FNO/c1-14-8-4-7-12(15,9-14)10-5-2-3-6-11(10)13/h2-3,5-6,15H,4,7-9H2,1H3. The Hall–Kier alpha value is -0.930. The van der Waals surface area contributed by atoms with Crippen LogP contribution in [-0.4, -0.2) is 30.1 Å². The summed E-state index contributed by atoms with van der Waals surface area (Å²) < 4.78 is 13.6. The van der Waals surface area contributed by atoms with Gasteiger partial charge in [0, 0.05) is 12.1 Å². The van der Waals surface area contributed by atoms with Gasteiger partial charge in [-0.05, 0) is 32.5 Å². The highest BCUT2D eigenvalue weighted by Crippen LogP contribution is 2.32. The Balaban J connectivity index is 2.32. The molecule has 0 radical (unpaired) electrons. The van der Waals surface area contributed by atoms with Crippen molar-refractivity contribution in [3.8, 4) is 0 Å². The maximum atomic E-state index is 13.6. The number of piperidine rings is 1. The van der Waals surface area contributed by atoms with Gasteiger partial charge in [-0.3, -0.25) is 0 Å². The highest BCUT2D eigenvalue weighted by atomic mass is 19.1. The zero-order valence-corrected chi connectivity index (χ0v) is 8.91. The predicted molar refractivity (Wildman–Crippen MR) is 57.0 cm³/mol. The van der Waals surface area contributed by atoms with E-state index in [2.05, 4.69) is 0 Å². The molecule has 2 nitrogen and oxygen atoms in total. The molecule has 3 heteroatoms. The van der Waals surface area contributed by atoms with Gasteiger partial charge in [0.15, 0.2) is 0 Å². The average molecular weight is 209 g/mol. The lowest BCUT2D eigenvalue weighted by Gasteiger charge is -2.37. The van der Waals surface area contributed by atoms with Crippen LogP contribution in [0.3, 0.4) is 0 Å². The van der Waals surface area contributed by atoms with Crippen molar-refractivity contribution in [2.24, 2.45) is 0 Å². The molecule has 2 rings (SSSR count). The number of likely N-dealkylation sites (tertiary alicyclic amines) is 1. The number of benzene rings is 1.